The van der Waals surface area contributed by atoms with Crippen molar-refractivity contribution in [1.29, 1.82) is 0 Å². The lowest BCUT2D eigenvalue weighted by Crippen LogP contribution is -2.35. The minimum Gasteiger partial charge on any atom is -0.456 e. The van der Waals surface area contributed by atoms with Gasteiger partial charge < -0.3 is 21.5 Å². The van der Waals surface area contributed by atoms with E-state index in [9.17, 15) is 4.79 Å². The topological polar surface area (TPSA) is 90.4 Å². The third-order valence-electron chi connectivity index (χ3n) is 3.49. The Morgan fingerprint density at radius 2 is 1.73 bits per heavy atom. The highest BCUT2D eigenvalue weighted by Crippen LogP contribution is 2.29. The molecular formula is C18H24Cl3N3O2. The van der Waals surface area contributed by atoms with Gasteiger partial charge in [0.05, 0.1) is 11.1 Å². The van der Waals surface area contributed by atoms with Crippen LogP contribution in [0.5, 0.6) is 11.5 Å². The van der Waals surface area contributed by atoms with Crippen molar-refractivity contribution in [2.45, 2.75) is 25.3 Å². The van der Waals surface area contributed by atoms with Crippen LogP contribution in [0.4, 0.5) is 5.69 Å². The van der Waals surface area contributed by atoms with Gasteiger partial charge in [0, 0.05) is 5.69 Å². The van der Waals surface area contributed by atoms with Crippen LogP contribution in [0.2, 0.25) is 5.02 Å². The summed E-state index contributed by atoms with van der Waals surface area (Å²) in [7, 11) is 0. The number of hydrogen-bond donors (Lipinski definition) is 3. The fourth-order valence-corrected chi connectivity index (χ4v) is 2.31. The number of benzene rings is 2. The molecule has 5 nitrogen and oxygen atoms in total. The maximum atomic E-state index is 12.0. The predicted molar refractivity (Wildman–Crippen MR) is 112 cm³/mol. The Morgan fingerprint density at radius 3 is 2.35 bits per heavy atom. The number of carbonyl (C=O) groups excluding carboxylic acids is 1. The van der Waals surface area contributed by atoms with Crippen LogP contribution in [0.1, 0.15) is 19.3 Å². The normalized spacial score (nSPS) is 10.9. The molecule has 2 aromatic carbocycles. The van der Waals surface area contributed by atoms with E-state index < -0.39 is 6.04 Å². The van der Waals surface area contributed by atoms with Gasteiger partial charge in [-0.05, 0) is 55.8 Å². The number of nitrogens with one attached hydrogen (secondary N) is 1. The second-order valence-electron chi connectivity index (χ2n) is 5.44. The van der Waals surface area contributed by atoms with E-state index >= 15 is 0 Å². The first-order chi connectivity index (χ1) is 11.6. The van der Waals surface area contributed by atoms with E-state index in [0.717, 1.165) is 12.8 Å². The van der Waals surface area contributed by atoms with Gasteiger partial charge >= 0.3 is 0 Å². The van der Waals surface area contributed by atoms with Crippen LogP contribution in [-0.4, -0.2) is 18.5 Å². The van der Waals surface area contributed by atoms with Gasteiger partial charge in [0.1, 0.15) is 11.5 Å². The smallest absolute Gasteiger partial charge is 0.241 e. The molecule has 0 unspecified atom stereocenters. The molecule has 8 heteroatoms. The number of amides is 1. The van der Waals surface area contributed by atoms with Crippen LogP contribution in [0.15, 0.2) is 48.5 Å². The molecule has 0 saturated heterocycles. The fourth-order valence-electron chi connectivity index (χ4n) is 2.14. The van der Waals surface area contributed by atoms with Crippen molar-refractivity contribution in [3.8, 4) is 11.5 Å². The number of anilines is 1. The average molecular weight is 421 g/mol. The molecule has 0 radical (unpaired) electrons. The van der Waals surface area contributed by atoms with Crippen molar-refractivity contribution in [2.75, 3.05) is 11.9 Å². The summed E-state index contributed by atoms with van der Waals surface area (Å²) in [6, 6.07) is 13.8. The molecule has 0 heterocycles. The Hall–Kier alpha value is -1.50. The van der Waals surface area contributed by atoms with E-state index in [0.29, 0.717) is 35.2 Å². The summed E-state index contributed by atoms with van der Waals surface area (Å²) in [6.07, 6.45) is 2.33. The largest absolute Gasteiger partial charge is 0.456 e. The van der Waals surface area contributed by atoms with E-state index in [1.165, 1.54) is 0 Å². The van der Waals surface area contributed by atoms with Crippen molar-refractivity contribution in [2.24, 2.45) is 11.5 Å². The molecule has 0 aliphatic rings. The quantitative estimate of drug-likeness (QED) is 0.553. The molecule has 26 heavy (non-hydrogen) atoms. The minimum atomic E-state index is -0.532. The molecule has 0 saturated carbocycles. The molecule has 0 bridgehead atoms. The summed E-state index contributed by atoms with van der Waals surface area (Å²) in [5, 5.41) is 3.33. The average Bonchev–Trinajstić information content (AvgIpc) is 2.58. The maximum absolute atomic E-state index is 12.0. The van der Waals surface area contributed by atoms with Crippen LogP contribution < -0.4 is 21.5 Å². The lowest BCUT2D eigenvalue weighted by atomic mass is 10.1. The zero-order valence-electron chi connectivity index (χ0n) is 14.2. The highest BCUT2D eigenvalue weighted by atomic mass is 35.5. The highest BCUT2D eigenvalue weighted by Gasteiger charge is 2.13. The van der Waals surface area contributed by atoms with Gasteiger partial charge in [-0.2, -0.15) is 0 Å². The summed E-state index contributed by atoms with van der Waals surface area (Å²) < 4.78 is 5.70. The molecule has 0 aliphatic heterocycles. The number of halogens is 3. The molecule has 1 atom stereocenters. The highest BCUT2D eigenvalue weighted by molar-refractivity contribution is 6.32. The maximum Gasteiger partial charge on any atom is 0.241 e. The monoisotopic (exact) mass is 419 g/mol. The molecule has 1 amide bonds. The van der Waals surface area contributed by atoms with Crippen LogP contribution in [0.25, 0.3) is 0 Å². The number of rotatable bonds is 8. The van der Waals surface area contributed by atoms with Crippen LogP contribution >= 0.6 is 36.4 Å². The van der Waals surface area contributed by atoms with Crippen molar-refractivity contribution in [1.82, 2.24) is 0 Å². The lowest BCUT2D eigenvalue weighted by Gasteiger charge is -2.12. The summed E-state index contributed by atoms with van der Waals surface area (Å²) in [5.41, 5.74) is 12.0. The fraction of sp³-hybridized carbons (Fsp3) is 0.278. The first-order valence-electron chi connectivity index (χ1n) is 7.89. The summed E-state index contributed by atoms with van der Waals surface area (Å²) >= 11 is 6.06. The van der Waals surface area contributed by atoms with E-state index in [2.05, 4.69) is 5.32 Å². The Morgan fingerprint density at radius 1 is 1.08 bits per heavy atom. The third-order valence-corrected chi connectivity index (χ3v) is 3.80. The van der Waals surface area contributed by atoms with Crippen molar-refractivity contribution < 1.29 is 9.53 Å². The number of hydrogen-bond acceptors (Lipinski definition) is 4. The van der Waals surface area contributed by atoms with Gasteiger partial charge in [-0.1, -0.05) is 30.2 Å². The van der Waals surface area contributed by atoms with Crippen molar-refractivity contribution >= 4 is 48.0 Å². The van der Waals surface area contributed by atoms with Gasteiger partial charge in [0.15, 0.2) is 0 Å². The van der Waals surface area contributed by atoms with E-state index in [-0.39, 0.29) is 30.7 Å². The lowest BCUT2D eigenvalue weighted by molar-refractivity contribution is -0.117. The molecule has 0 aromatic heterocycles. The molecule has 2 aromatic rings. The van der Waals surface area contributed by atoms with Crippen molar-refractivity contribution in [3.05, 3.63) is 53.6 Å². The summed E-state index contributed by atoms with van der Waals surface area (Å²) in [4.78, 5) is 12.0. The van der Waals surface area contributed by atoms with Gasteiger partial charge in [0.2, 0.25) is 5.91 Å². The number of unbranched alkanes of at least 4 members (excludes halogenated alkanes) is 1. The van der Waals surface area contributed by atoms with Crippen LogP contribution in [-0.2, 0) is 4.79 Å². The molecule has 0 spiro atoms. The van der Waals surface area contributed by atoms with Crippen LogP contribution in [0, 0.1) is 0 Å². The number of para-hydroxylation sites is 1. The van der Waals surface area contributed by atoms with Gasteiger partial charge in [-0.3, -0.25) is 4.79 Å². The SMILES string of the molecule is Cl.Cl.NCCCC[C@H](N)C(=O)Nc1ccc(Oc2ccccc2Cl)cc1. The van der Waals surface area contributed by atoms with Crippen molar-refractivity contribution in [3.63, 3.8) is 0 Å². The van der Waals surface area contributed by atoms with Crippen LogP contribution in [0.3, 0.4) is 0 Å². The third kappa shape index (κ3) is 7.81. The second-order valence-corrected chi connectivity index (χ2v) is 5.84. The first-order valence-corrected chi connectivity index (χ1v) is 8.27. The van der Waals surface area contributed by atoms with Gasteiger partial charge in [-0.25, -0.2) is 0 Å². The number of ether oxygens (including phenoxy) is 1. The first kappa shape index (κ1) is 24.5. The molecule has 0 fully saturated rings. The Kier molecular flexibility index (Phi) is 12.1. The molecule has 5 N–H and O–H groups in total. The van der Waals surface area contributed by atoms with E-state index in [4.69, 9.17) is 27.8 Å². The minimum absolute atomic E-state index is 0. The zero-order chi connectivity index (χ0) is 17.4. The molecule has 0 aliphatic carbocycles. The number of carbonyl (C=O) groups is 1. The Labute approximate surface area is 171 Å². The van der Waals surface area contributed by atoms with Gasteiger partial charge in [-0.15, -0.1) is 24.8 Å². The Bertz CT molecular complexity index is 669. The molecular weight excluding hydrogens is 397 g/mol. The summed E-state index contributed by atoms with van der Waals surface area (Å²) in [5.74, 6) is 1.01. The Balaban J connectivity index is 0.00000312. The zero-order valence-corrected chi connectivity index (χ0v) is 16.6. The second kappa shape index (κ2) is 12.8. The van der Waals surface area contributed by atoms with E-state index in [1.54, 1.807) is 36.4 Å². The standard InChI is InChI=1S/C18H22ClN3O2.2ClH/c19-15-5-1-2-7-17(15)24-14-10-8-13(9-11-14)22-18(23)16(21)6-3-4-12-20;;/h1-2,5,7-11,16H,3-4,6,12,20-21H2,(H,22,23);2*1H/t16-;;/m0../s1. The summed E-state index contributed by atoms with van der Waals surface area (Å²) in [6.45, 7) is 0.612. The number of nitrogens with two attached hydrogens (primary N) is 2. The van der Waals surface area contributed by atoms with Gasteiger partial charge in [0.25, 0.3) is 0 Å². The molecule has 2 rings (SSSR count). The molecule has 144 valence electrons. The van der Waals surface area contributed by atoms with E-state index in [1.807, 2.05) is 12.1 Å². The predicted octanol–water partition coefficient (Wildman–Crippen LogP) is 4.37.